The van der Waals surface area contributed by atoms with Crippen LogP contribution in [0.3, 0.4) is 0 Å². The van der Waals surface area contributed by atoms with Crippen LogP contribution in [0.1, 0.15) is 11.5 Å². The zero-order chi connectivity index (χ0) is 14.8. The third-order valence-corrected chi connectivity index (χ3v) is 2.42. The molecule has 0 N–H and O–H groups in total. The van der Waals surface area contributed by atoms with Gasteiger partial charge in [-0.2, -0.15) is 0 Å². The van der Waals surface area contributed by atoms with Crippen molar-refractivity contribution in [2.75, 3.05) is 11.9 Å². The van der Waals surface area contributed by atoms with Crippen molar-refractivity contribution in [3.8, 4) is 5.75 Å². The van der Waals surface area contributed by atoms with Crippen LogP contribution in [0.15, 0.2) is 28.9 Å². The lowest BCUT2D eigenvalue weighted by atomic mass is 10.3. The third kappa shape index (κ3) is 3.87. The molecule has 0 radical (unpaired) electrons. The molecule has 108 valence electrons. The fourth-order valence-corrected chi connectivity index (χ4v) is 1.61. The van der Waals surface area contributed by atoms with Crippen molar-refractivity contribution in [1.82, 2.24) is 10.1 Å². The number of nitrogens with zero attached hydrogens (tertiary/aromatic N) is 3. The van der Waals surface area contributed by atoms with Gasteiger partial charge in [-0.3, -0.25) is 0 Å². The van der Waals surface area contributed by atoms with E-state index in [-0.39, 0.29) is 5.75 Å². The van der Waals surface area contributed by atoms with E-state index in [9.17, 15) is 13.2 Å². The molecule has 2 aromatic rings. The van der Waals surface area contributed by atoms with Crippen LogP contribution in [0.2, 0.25) is 0 Å². The molecule has 2 rings (SSSR count). The number of hydrogen-bond donors (Lipinski definition) is 0. The molecule has 0 amide bonds. The lowest BCUT2D eigenvalue weighted by Crippen LogP contribution is -2.19. The number of rotatable bonds is 4. The summed E-state index contributed by atoms with van der Waals surface area (Å²) in [6.45, 7) is 2.21. The van der Waals surface area contributed by atoms with Crippen LogP contribution in [0, 0.1) is 6.92 Å². The van der Waals surface area contributed by atoms with Crippen molar-refractivity contribution in [2.24, 2.45) is 0 Å². The van der Waals surface area contributed by atoms with Gasteiger partial charge in [0.15, 0.2) is 0 Å². The van der Waals surface area contributed by atoms with Crippen molar-refractivity contribution in [2.45, 2.75) is 19.8 Å². The van der Waals surface area contributed by atoms with Gasteiger partial charge >= 0.3 is 6.36 Å². The van der Waals surface area contributed by atoms with E-state index in [1.807, 2.05) is 0 Å². The summed E-state index contributed by atoms with van der Waals surface area (Å²) in [5.41, 5.74) is 0.711. The number of anilines is 1. The predicted molar refractivity (Wildman–Crippen MR) is 64.3 cm³/mol. The molecule has 0 saturated carbocycles. The summed E-state index contributed by atoms with van der Waals surface area (Å²) in [6, 6.07) is 4.42. The van der Waals surface area contributed by atoms with Crippen molar-refractivity contribution >= 4 is 5.82 Å². The Morgan fingerprint density at radius 3 is 2.60 bits per heavy atom. The molecule has 8 heteroatoms. The number of halogens is 3. The van der Waals surface area contributed by atoms with E-state index in [2.05, 4.69) is 14.9 Å². The Morgan fingerprint density at radius 2 is 2.10 bits per heavy atom. The normalized spacial score (nSPS) is 11.4. The van der Waals surface area contributed by atoms with Crippen LogP contribution in [-0.4, -0.2) is 23.6 Å². The van der Waals surface area contributed by atoms with E-state index in [0.29, 0.717) is 23.8 Å². The van der Waals surface area contributed by atoms with Gasteiger partial charge in [0.05, 0.1) is 12.7 Å². The molecule has 0 aliphatic rings. The van der Waals surface area contributed by atoms with Gasteiger partial charge in [-0.1, -0.05) is 5.16 Å². The van der Waals surface area contributed by atoms with E-state index in [0.717, 1.165) is 6.20 Å². The first-order chi connectivity index (χ1) is 9.33. The molecule has 20 heavy (non-hydrogen) atoms. The Bertz CT molecular complexity index is 566. The quantitative estimate of drug-likeness (QED) is 0.865. The standard InChI is InChI=1S/C12H12F3N3O2/c1-8-5-9(17-20-8)7-18(2)11-4-3-10(6-16-11)19-12(13,14)15/h3-6H,7H2,1-2H3. The third-order valence-electron chi connectivity index (χ3n) is 2.42. The largest absolute Gasteiger partial charge is 0.573 e. The highest BCUT2D eigenvalue weighted by molar-refractivity contribution is 5.40. The molecule has 0 spiro atoms. The first-order valence-electron chi connectivity index (χ1n) is 5.68. The minimum atomic E-state index is -4.71. The lowest BCUT2D eigenvalue weighted by molar-refractivity contribution is -0.274. The molecular formula is C12H12F3N3O2. The highest BCUT2D eigenvalue weighted by Gasteiger charge is 2.31. The summed E-state index contributed by atoms with van der Waals surface area (Å²) in [6.07, 6.45) is -3.69. The van der Waals surface area contributed by atoms with Crippen molar-refractivity contribution in [1.29, 1.82) is 0 Å². The van der Waals surface area contributed by atoms with Gasteiger partial charge in [-0.25, -0.2) is 4.98 Å². The molecule has 0 unspecified atom stereocenters. The van der Waals surface area contributed by atoms with E-state index >= 15 is 0 Å². The average molecular weight is 287 g/mol. The number of hydrogen-bond acceptors (Lipinski definition) is 5. The maximum Gasteiger partial charge on any atom is 0.573 e. The monoisotopic (exact) mass is 287 g/mol. The lowest BCUT2D eigenvalue weighted by Gasteiger charge is -2.17. The molecule has 0 fully saturated rings. The van der Waals surface area contributed by atoms with Crippen LogP contribution in [0.4, 0.5) is 19.0 Å². The molecule has 0 saturated heterocycles. The number of pyridine rings is 1. The summed E-state index contributed by atoms with van der Waals surface area (Å²) in [5, 5.41) is 3.83. The van der Waals surface area contributed by atoms with E-state index in [1.165, 1.54) is 12.1 Å². The Kier molecular flexibility index (Phi) is 3.82. The fraction of sp³-hybridized carbons (Fsp3) is 0.333. The molecule has 0 aliphatic carbocycles. The topological polar surface area (TPSA) is 51.4 Å². The minimum Gasteiger partial charge on any atom is -0.404 e. The van der Waals surface area contributed by atoms with Crippen LogP contribution in [-0.2, 0) is 6.54 Å². The first-order valence-corrected chi connectivity index (χ1v) is 5.68. The van der Waals surface area contributed by atoms with Crippen molar-refractivity contribution in [3.05, 3.63) is 35.9 Å². The summed E-state index contributed by atoms with van der Waals surface area (Å²) in [4.78, 5) is 5.64. The van der Waals surface area contributed by atoms with Crippen LogP contribution >= 0.6 is 0 Å². The summed E-state index contributed by atoms with van der Waals surface area (Å²) >= 11 is 0. The van der Waals surface area contributed by atoms with Gasteiger partial charge in [0, 0.05) is 13.1 Å². The van der Waals surface area contributed by atoms with Gasteiger partial charge in [0.25, 0.3) is 0 Å². The first kappa shape index (κ1) is 14.2. The molecule has 0 aromatic carbocycles. The maximum absolute atomic E-state index is 12.0. The zero-order valence-corrected chi connectivity index (χ0v) is 10.8. The second kappa shape index (κ2) is 5.40. The van der Waals surface area contributed by atoms with Crippen molar-refractivity contribution in [3.63, 3.8) is 0 Å². The Balaban J connectivity index is 2.02. The number of aryl methyl sites for hydroxylation is 1. The molecule has 5 nitrogen and oxygen atoms in total. The zero-order valence-electron chi connectivity index (χ0n) is 10.8. The van der Waals surface area contributed by atoms with Gasteiger partial charge in [0.1, 0.15) is 23.0 Å². The van der Waals surface area contributed by atoms with Crippen LogP contribution in [0.5, 0.6) is 5.75 Å². The molecule has 0 aliphatic heterocycles. The second-order valence-corrected chi connectivity index (χ2v) is 4.18. The summed E-state index contributed by atoms with van der Waals surface area (Å²) in [7, 11) is 1.75. The smallest absolute Gasteiger partial charge is 0.404 e. The molecule has 0 bridgehead atoms. The predicted octanol–water partition coefficient (Wildman–Crippen LogP) is 2.91. The molecule has 2 aromatic heterocycles. The average Bonchev–Trinajstić information content (AvgIpc) is 2.73. The van der Waals surface area contributed by atoms with E-state index in [1.54, 1.807) is 24.9 Å². The van der Waals surface area contributed by atoms with Crippen LogP contribution < -0.4 is 9.64 Å². The number of alkyl halides is 3. The second-order valence-electron chi connectivity index (χ2n) is 4.18. The minimum absolute atomic E-state index is 0.355. The highest BCUT2D eigenvalue weighted by Crippen LogP contribution is 2.23. The number of aromatic nitrogens is 2. The summed E-state index contributed by atoms with van der Waals surface area (Å²) in [5.74, 6) is 0.836. The van der Waals surface area contributed by atoms with Gasteiger partial charge < -0.3 is 14.2 Å². The maximum atomic E-state index is 12.0. The fourth-order valence-electron chi connectivity index (χ4n) is 1.61. The Hall–Kier alpha value is -2.25. The van der Waals surface area contributed by atoms with Gasteiger partial charge in [-0.15, -0.1) is 13.2 Å². The SMILES string of the molecule is Cc1cc(CN(C)c2ccc(OC(F)(F)F)cn2)no1. The highest BCUT2D eigenvalue weighted by atomic mass is 19.4. The number of ether oxygens (including phenoxy) is 1. The molecular weight excluding hydrogens is 275 g/mol. The van der Waals surface area contributed by atoms with E-state index in [4.69, 9.17) is 4.52 Å². The van der Waals surface area contributed by atoms with Gasteiger partial charge in [0.2, 0.25) is 0 Å². The molecule has 2 heterocycles. The Labute approximate surface area is 113 Å². The van der Waals surface area contributed by atoms with Crippen molar-refractivity contribution < 1.29 is 22.4 Å². The van der Waals surface area contributed by atoms with Gasteiger partial charge in [-0.05, 0) is 19.1 Å². The summed E-state index contributed by atoms with van der Waals surface area (Å²) < 4.78 is 44.7. The van der Waals surface area contributed by atoms with E-state index < -0.39 is 6.36 Å². The van der Waals surface area contributed by atoms with Crippen LogP contribution in [0.25, 0.3) is 0 Å². The Morgan fingerprint density at radius 1 is 1.35 bits per heavy atom. The molecule has 0 atom stereocenters.